The number of anilines is 1. The topological polar surface area (TPSA) is 50.5 Å². The summed E-state index contributed by atoms with van der Waals surface area (Å²) >= 11 is 6.12. The largest absolute Gasteiger partial charge is 0.450 e. The molecule has 0 aliphatic carbocycles. The highest BCUT2D eigenvalue weighted by atomic mass is 35.5. The van der Waals surface area contributed by atoms with E-state index in [2.05, 4.69) is 6.92 Å². The van der Waals surface area contributed by atoms with Crippen LogP contribution in [0.1, 0.15) is 40.2 Å². The van der Waals surface area contributed by atoms with E-state index in [1.54, 1.807) is 23.1 Å². The molecule has 30 heavy (non-hydrogen) atoms. The molecule has 5 heteroatoms. The van der Waals surface area contributed by atoms with Crippen LogP contribution in [0.2, 0.25) is 5.02 Å². The van der Waals surface area contributed by atoms with Crippen molar-refractivity contribution >= 4 is 34.2 Å². The molecule has 0 N–H and O–H groups in total. The maximum atomic E-state index is 13.5. The number of benzene rings is 3. The molecular weight excluding hydrogens is 398 g/mol. The lowest BCUT2D eigenvalue weighted by Gasteiger charge is -2.25. The van der Waals surface area contributed by atoms with Gasteiger partial charge in [-0.1, -0.05) is 61.0 Å². The maximum absolute atomic E-state index is 13.5. The molecule has 2 heterocycles. The van der Waals surface area contributed by atoms with E-state index in [-0.39, 0.29) is 17.1 Å². The Hall–Kier alpha value is -3.37. The summed E-state index contributed by atoms with van der Waals surface area (Å²) in [6, 6.07) is 21.7. The molecule has 3 aromatic carbocycles. The Kier molecular flexibility index (Phi) is 4.44. The molecule has 1 amide bonds. The number of amides is 1. The molecular formula is C25H18ClNO3. The van der Waals surface area contributed by atoms with Crippen LogP contribution < -0.4 is 10.3 Å². The molecule has 0 saturated heterocycles. The number of rotatable bonds is 3. The fraction of sp³-hybridized carbons (Fsp3) is 0.120. The van der Waals surface area contributed by atoms with Gasteiger partial charge in [-0.05, 0) is 47.9 Å². The van der Waals surface area contributed by atoms with Crippen LogP contribution in [0.5, 0.6) is 0 Å². The number of carbonyl (C=O) groups is 1. The van der Waals surface area contributed by atoms with Crippen molar-refractivity contribution in [1.29, 1.82) is 0 Å². The number of hydrogen-bond donors (Lipinski definition) is 0. The van der Waals surface area contributed by atoms with Crippen LogP contribution in [-0.2, 0) is 6.42 Å². The van der Waals surface area contributed by atoms with E-state index in [1.807, 2.05) is 54.6 Å². The molecule has 0 spiro atoms. The highest BCUT2D eigenvalue weighted by Gasteiger charge is 2.43. The van der Waals surface area contributed by atoms with E-state index < -0.39 is 6.04 Å². The summed E-state index contributed by atoms with van der Waals surface area (Å²) in [5.41, 5.74) is 3.21. The first-order valence-corrected chi connectivity index (χ1v) is 10.2. The summed E-state index contributed by atoms with van der Waals surface area (Å²) in [6.07, 6.45) is 0.906. The van der Waals surface area contributed by atoms with Gasteiger partial charge in [0.1, 0.15) is 5.58 Å². The van der Waals surface area contributed by atoms with Crippen molar-refractivity contribution in [2.24, 2.45) is 0 Å². The van der Waals surface area contributed by atoms with E-state index in [0.29, 0.717) is 21.6 Å². The van der Waals surface area contributed by atoms with E-state index >= 15 is 0 Å². The fourth-order valence-corrected chi connectivity index (χ4v) is 4.23. The first kappa shape index (κ1) is 18.6. The number of fused-ring (bicyclic) bond motifs is 2. The van der Waals surface area contributed by atoms with Gasteiger partial charge >= 0.3 is 0 Å². The van der Waals surface area contributed by atoms with Crippen molar-refractivity contribution in [2.45, 2.75) is 19.4 Å². The van der Waals surface area contributed by atoms with Gasteiger partial charge in [0.05, 0.1) is 17.0 Å². The van der Waals surface area contributed by atoms with Crippen LogP contribution in [-0.4, -0.2) is 5.91 Å². The second-order valence-corrected chi connectivity index (χ2v) is 7.76. The van der Waals surface area contributed by atoms with Crippen LogP contribution in [0, 0.1) is 0 Å². The average Bonchev–Trinajstić information content (AvgIpc) is 3.07. The van der Waals surface area contributed by atoms with Gasteiger partial charge in [0.25, 0.3) is 5.91 Å². The molecule has 0 fully saturated rings. The molecule has 0 radical (unpaired) electrons. The maximum Gasteiger partial charge on any atom is 0.295 e. The van der Waals surface area contributed by atoms with Crippen molar-refractivity contribution in [3.8, 4) is 0 Å². The zero-order valence-corrected chi connectivity index (χ0v) is 17.0. The molecule has 5 rings (SSSR count). The molecule has 1 aliphatic heterocycles. The van der Waals surface area contributed by atoms with Crippen LogP contribution in [0.4, 0.5) is 5.69 Å². The predicted molar refractivity (Wildman–Crippen MR) is 118 cm³/mol. The SMILES string of the molecule is CCc1ccc(N2C(=O)c3oc4ccc(Cl)cc4c(=O)c3C2c2ccccc2)cc1. The molecule has 4 nitrogen and oxygen atoms in total. The summed E-state index contributed by atoms with van der Waals surface area (Å²) in [5, 5.41) is 0.820. The Balaban J connectivity index is 1.79. The molecule has 1 atom stereocenters. The Morgan fingerprint density at radius 1 is 0.967 bits per heavy atom. The minimum absolute atomic E-state index is 0.0863. The van der Waals surface area contributed by atoms with Gasteiger partial charge in [0, 0.05) is 10.7 Å². The minimum Gasteiger partial charge on any atom is -0.450 e. The van der Waals surface area contributed by atoms with Gasteiger partial charge in [0.2, 0.25) is 5.76 Å². The molecule has 1 unspecified atom stereocenters. The van der Waals surface area contributed by atoms with Crippen molar-refractivity contribution in [1.82, 2.24) is 0 Å². The number of halogens is 1. The van der Waals surface area contributed by atoms with Crippen molar-refractivity contribution in [3.05, 3.63) is 110 Å². The zero-order chi connectivity index (χ0) is 20.8. The third-order valence-corrected chi connectivity index (χ3v) is 5.81. The lowest BCUT2D eigenvalue weighted by molar-refractivity contribution is 0.0971. The quantitative estimate of drug-likeness (QED) is 0.427. The molecule has 0 bridgehead atoms. The summed E-state index contributed by atoms with van der Waals surface area (Å²) < 4.78 is 5.95. The van der Waals surface area contributed by atoms with Gasteiger partial charge in [-0.2, -0.15) is 0 Å². The Bertz CT molecular complexity index is 1330. The van der Waals surface area contributed by atoms with E-state index in [4.69, 9.17) is 16.0 Å². The molecule has 0 saturated carbocycles. The summed E-state index contributed by atoms with van der Waals surface area (Å²) in [7, 11) is 0. The van der Waals surface area contributed by atoms with Crippen LogP contribution in [0.25, 0.3) is 11.0 Å². The summed E-state index contributed by atoms with van der Waals surface area (Å²) in [6.45, 7) is 2.08. The lowest BCUT2D eigenvalue weighted by Crippen LogP contribution is -2.29. The molecule has 148 valence electrons. The van der Waals surface area contributed by atoms with Gasteiger partial charge in [-0.15, -0.1) is 0 Å². The van der Waals surface area contributed by atoms with Crippen LogP contribution in [0.15, 0.2) is 82.0 Å². The minimum atomic E-state index is -0.569. The summed E-state index contributed by atoms with van der Waals surface area (Å²) in [5.74, 6) is -0.236. The Labute approximate surface area is 178 Å². The van der Waals surface area contributed by atoms with Gasteiger partial charge < -0.3 is 4.42 Å². The van der Waals surface area contributed by atoms with Gasteiger partial charge in [-0.3, -0.25) is 14.5 Å². The van der Waals surface area contributed by atoms with E-state index in [1.165, 1.54) is 5.56 Å². The number of aryl methyl sites for hydroxylation is 1. The molecule has 1 aromatic heterocycles. The number of hydrogen-bond acceptors (Lipinski definition) is 3. The zero-order valence-electron chi connectivity index (χ0n) is 16.3. The molecule has 1 aliphatic rings. The first-order valence-electron chi connectivity index (χ1n) is 9.82. The fourth-order valence-electron chi connectivity index (χ4n) is 4.05. The lowest BCUT2D eigenvalue weighted by atomic mass is 9.98. The number of carbonyl (C=O) groups excluding carboxylic acids is 1. The van der Waals surface area contributed by atoms with Crippen LogP contribution in [0.3, 0.4) is 0 Å². The molecule has 4 aromatic rings. The van der Waals surface area contributed by atoms with Crippen molar-refractivity contribution in [2.75, 3.05) is 4.90 Å². The van der Waals surface area contributed by atoms with E-state index in [9.17, 15) is 9.59 Å². The van der Waals surface area contributed by atoms with Crippen molar-refractivity contribution in [3.63, 3.8) is 0 Å². The second kappa shape index (κ2) is 7.15. The summed E-state index contributed by atoms with van der Waals surface area (Å²) in [4.78, 5) is 28.6. The third-order valence-electron chi connectivity index (χ3n) is 5.57. The highest BCUT2D eigenvalue weighted by molar-refractivity contribution is 6.31. The van der Waals surface area contributed by atoms with Crippen molar-refractivity contribution < 1.29 is 9.21 Å². The first-order chi connectivity index (χ1) is 14.6. The van der Waals surface area contributed by atoms with Crippen LogP contribution >= 0.6 is 11.6 Å². The van der Waals surface area contributed by atoms with Gasteiger partial charge in [0.15, 0.2) is 5.43 Å². The Morgan fingerprint density at radius 2 is 1.70 bits per heavy atom. The standard InChI is InChI=1S/C25H18ClNO3/c1-2-15-8-11-18(12-9-15)27-22(16-6-4-3-5-7-16)21-23(28)19-14-17(26)10-13-20(19)30-24(21)25(27)29/h3-14,22H,2H2,1H3. The second-order valence-electron chi connectivity index (χ2n) is 7.32. The van der Waals surface area contributed by atoms with E-state index in [0.717, 1.165) is 17.7 Å². The monoisotopic (exact) mass is 415 g/mol. The highest BCUT2D eigenvalue weighted by Crippen LogP contribution is 2.41. The smallest absolute Gasteiger partial charge is 0.295 e. The number of nitrogens with zero attached hydrogens (tertiary/aromatic N) is 1. The van der Waals surface area contributed by atoms with Gasteiger partial charge in [-0.25, -0.2) is 0 Å². The average molecular weight is 416 g/mol. The normalized spacial score (nSPS) is 15.6. The Morgan fingerprint density at radius 3 is 2.40 bits per heavy atom. The third kappa shape index (κ3) is 2.84. The predicted octanol–water partition coefficient (Wildman–Crippen LogP) is 5.76.